The number of nitrogens with one attached hydrogen (secondary N) is 3. The van der Waals surface area contributed by atoms with Gasteiger partial charge in [-0.3, -0.25) is 5.10 Å². The molecule has 0 saturated carbocycles. The number of rotatable bonds is 5. The molecule has 1 aromatic carbocycles. The number of fused-ring (bicyclic) bond motifs is 1. The fourth-order valence-corrected chi connectivity index (χ4v) is 5.14. The summed E-state index contributed by atoms with van der Waals surface area (Å²) in [4.78, 5) is 11.7. The van der Waals surface area contributed by atoms with Crippen LogP contribution in [0.4, 0.5) is 16.3 Å². The lowest BCUT2D eigenvalue weighted by molar-refractivity contribution is 0.0682. The van der Waals surface area contributed by atoms with Gasteiger partial charge in [0, 0.05) is 24.2 Å². The zero-order chi connectivity index (χ0) is 20.6. The van der Waals surface area contributed by atoms with E-state index in [9.17, 15) is 13.2 Å². The molecule has 2 atom stereocenters. The number of carbonyl (C=O) groups is 1. The van der Waals surface area contributed by atoms with Crippen LogP contribution in [0.5, 0.6) is 0 Å². The topological polar surface area (TPSA) is 122 Å². The molecule has 2 aromatic rings. The Morgan fingerprint density at radius 3 is 2.86 bits per heavy atom. The first-order chi connectivity index (χ1) is 13.8. The van der Waals surface area contributed by atoms with E-state index in [2.05, 4.69) is 20.8 Å². The molecule has 4 rings (SSSR count). The molecule has 0 radical (unpaired) electrons. The number of nitrogens with zero attached hydrogens (tertiary/aromatic N) is 1. The molecule has 0 bridgehead atoms. The molecule has 3 heterocycles. The second-order valence-corrected chi connectivity index (χ2v) is 9.80. The van der Waals surface area contributed by atoms with Crippen molar-refractivity contribution in [2.75, 3.05) is 11.9 Å². The molecule has 0 spiro atoms. The maximum absolute atomic E-state index is 11.8. The molecule has 1 unspecified atom stereocenters. The van der Waals surface area contributed by atoms with Gasteiger partial charge in [0.25, 0.3) is 0 Å². The largest absolute Gasteiger partial charge is 0.444 e. The molecule has 1 aromatic heterocycles. The molecular formula is C19H24N4O5S. The summed E-state index contributed by atoms with van der Waals surface area (Å²) in [5.41, 5.74) is 3.24. The number of sulfone groups is 1. The Morgan fingerprint density at radius 1 is 1.28 bits per heavy atom. The number of H-pyrrole nitrogens is 1. The molecule has 2 aliphatic rings. The van der Waals surface area contributed by atoms with Crippen LogP contribution in [0.1, 0.15) is 43.2 Å². The average Bonchev–Trinajstić information content (AvgIpc) is 3.31. The van der Waals surface area contributed by atoms with Crippen molar-refractivity contribution < 1.29 is 22.7 Å². The predicted molar refractivity (Wildman–Crippen MR) is 106 cm³/mol. The Labute approximate surface area is 169 Å². The Kier molecular flexibility index (Phi) is 5.22. The molecule has 1 amide bonds. The van der Waals surface area contributed by atoms with E-state index in [1.807, 2.05) is 38.1 Å². The number of ether oxygens (including phenoxy) is 2. The number of benzene rings is 1. The van der Waals surface area contributed by atoms with E-state index < -0.39 is 15.9 Å². The number of hydrogen-bond donors (Lipinski definition) is 3. The predicted octanol–water partition coefficient (Wildman–Crippen LogP) is 2.55. The highest BCUT2D eigenvalue weighted by Gasteiger charge is 2.31. The third-order valence-corrected chi connectivity index (χ3v) is 6.32. The summed E-state index contributed by atoms with van der Waals surface area (Å²) in [6.45, 7) is 4.07. The summed E-state index contributed by atoms with van der Waals surface area (Å²) in [6.07, 6.45) is -0.443. The van der Waals surface area contributed by atoms with Crippen LogP contribution in [-0.2, 0) is 30.8 Å². The smallest absolute Gasteiger partial charge is 0.407 e. The summed E-state index contributed by atoms with van der Waals surface area (Å²) in [5.74, 6) is 0.782. The normalized spacial score (nSPS) is 22.4. The second-order valence-electron chi connectivity index (χ2n) is 7.73. The van der Waals surface area contributed by atoms with E-state index in [0.717, 1.165) is 22.5 Å². The highest BCUT2D eigenvalue weighted by atomic mass is 32.2. The molecule has 1 saturated heterocycles. The van der Waals surface area contributed by atoms with Crippen LogP contribution in [0.2, 0.25) is 0 Å². The third kappa shape index (κ3) is 4.70. The van der Waals surface area contributed by atoms with Crippen molar-refractivity contribution in [2.24, 2.45) is 0 Å². The van der Waals surface area contributed by atoms with Crippen molar-refractivity contribution in [3.63, 3.8) is 0 Å². The minimum absolute atomic E-state index is 0.0150. The highest BCUT2D eigenvalue weighted by molar-refractivity contribution is 7.90. The Bertz CT molecular complexity index is 1020. The fraction of sp³-hybridized carbons (Fsp3) is 0.474. The van der Waals surface area contributed by atoms with Gasteiger partial charge >= 0.3 is 6.09 Å². The van der Waals surface area contributed by atoms with Crippen molar-refractivity contribution in [2.45, 2.75) is 50.0 Å². The number of aromatic nitrogens is 2. The van der Waals surface area contributed by atoms with Gasteiger partial charge in [0.15, 0.2) is 15.7 Å². The number of amides is 1. The molecule has 156 valence electrons. The molecule has 1 fully saturated rings. The fourth-order valence-electron chi connectivity index (χ4n) is 3.54. The number of alkyl carbamates (subject to hydrolysis) is 1. The molecule has 29 heavy (non-hydrogen) atoms. The van der Waals surface area contributed by atoms with Crippen LogP contribution in [-0.4, -0.2) is 43.5 Å². The van der Waals surface area contributed by atoms with Gasteiger partial charge in [0.05, 0.1) is 23.8 Å². The van der Waals surface area contributed by atoms with E-state index in [0.29, 0.717) is 18.8 Å². The zero-order valence-electron chi connectivity index (χ0n) is 16.3. The average molecular weight is 420 g/mol. The first-order valence-corrected chi connectivity index (χ1v) is 11.3. The Hall–Kier alpha value is -2.59. The molecule has 10 heteroatoms. The van der Waals surface area contributed by atoms with Crippen LogP contribution < -0.4 is 10.6 Å². The zero-order valence-corrected chi connectivity index (χ0v) is 17.1. The Morgan fingerprint density at radius 2 is 2.07 bits per heavy atom. The van der Waals surface area contributed by atoms with Gasteiger partial charge in [0.2, 0.25) is 0 Å². The van der Waals surface area contributed by atoms with E-state index in [1.54, 1.807) is 0 Å². The van der Waals surface area contributed by atoms with E-state index >= 15 is 0 Å². The van der Waals surface area contributed by atoms with Gasteiger partial charge in [-0.05, 0) is 37.1 Å². The van der Waals surface area contributed by atoms with Crippen LogP contribution in [0.15, 0.2) is 24.3 Å². The summed E-state index contributed by atoms with van der Waals surface area (Å²) >= 11 is 0. The van der Waals surface area contributed by atoms with Crippen LogP contribution in [0.3, 0.4) is 0 Å². The van der Waals surface area contributed by atoms with E-state index in [1.165, 1.54) is 0 Å². The first-order valence-electron chi connectivity index (χ1n) is 9.51. The third-order valence-electron chi connectivity index (χ3n) is 4.81. The second kappa shape index (κ2) is 7.68. The van der Waals surface area contributed by atoms with Gasteiger partial charge in [-0.25, -0.2) is 13.2 Å². The number of anilines is 2. The summed E-state index contributed by atoms with van der Waals surface area (Å²) < 4.78 is 34.6. The standard InChI is InChI=1S/C19H24N4O5S/c1-11(2)20-19(24)28-15-6-17(27-8-15)16-7-18(23-22-16)21-14-4-3-12-9-29(25,26)10-13(12)5-14/h3-5,7,11,15,17H,6,8-10H2,1-2H3,(H,20,24)(H2,21,22,23)/t15-,17?/m1/s1. The minimum atomic E-state index is -3.03. The number of aromatic amines is 1. The van der Waals surface area contributed by atoms with Gasteiger partial charge in [-0.15, -0.1) is 0 Å². The maximum atomic E-state index is 11.8. The van der Waals surface area contributed by atoms with Gasteiger partial charge in [-0.2, -0.15) is 5.10 Å². The van der Waals surface area contributed by atoms with E-state index in [-0.39, 0.29) is 29.8 Å². The van der Waals surface area contributed by atoms with Gasteiger partial charge in [-0.1, -0.05) is 6.07 Å². The quantitative estimate of drug-likeness (QED) is 0.679. The lowest BCUT2D eigenvalue weighted by Gasteiger charge is -2.13. The molecule has 3 N–H and O–H groups in total. The molecule has 2 aliphatic heterocycles. The number of carbonyl (C=O) groups excluding carboxylic acids is 1. The summed E-state index contributed by atoms with van der Waals surface area (Å²) in [6, 6.07) is 7.38. The first kappa shape index (κ1) is 19.7. The maximum Gasteiger partial charge on any atom is 0.407 e. The van der Waals surface area contributed by atoms with Crippen LogP contribution >= 0.6 is 0 Å². The lowest BCUT2D eigenvalue weighted by atomic mass is 10.1. The van der Waals surface area contributed by atoms with Gasteiger partial charge in [0.1, 0.15) is 12.2 Å². The molecule has 9 nitrogen and oxygen atoms in total. The SMILES string of the molecule is CC(C)NC(=O)O[C@H]1COC(c2cc(Nc3ccc4c(c3)CS(=O)(=O)C4)n[nH]2)C1. The minimum Gasteiger partial charge on any atom is -0.444 e. The highest BCUT2D eigenvalue weighted by Crippen LogP contribution is 2.32. The van der Waals surface area contributed by atoms with Crippen molar-refractivity contribution in [1.82, 2.24) is 15.5 Å². The van der Waals surface area contributed by atoms with Crippen molar-refractivity contribution >= 4 is 27.4 Å². The molecular weight excluding hydrogens is 396 g/mol. The van der Waals surface area contributed by atoms with Crippen molar-refractivity contribution in [3.8, 4) is 0 Å². The summed E-state index contributed by atoms with van der Waals surface area (Å²) in [5, 5.41) is 13.1. The van der Waals surface area contributed by atoms with Crippen LogP contribution in [0, 0.1) is 0 Å². The monoisotopic (exact) mass is 420 g/mol. The van der Waals surface area contributed by atoms with E-state index in [4.69, 9.17) is 9.47 Å². The molecule has 0 aliphatic carbocycles. The van der Waals surface area contributed by atoms with Crippen LogP contribution in [0.25, 0.3) is 0 Å². The number of hydrogen-bond acceptors (Lipinski definition) is 7. The Balaban J connectivity index is 1.36. The lowest BCUT2D eigenvalue weighted by Crippen LogP contribution is -2.33. The van der Waals surface area contributed by atoms with Gasteiger partial charge < -0.3 is 20.1 Å². The summed E-state index contributed by atoms with van der Waals surface area (Å²) in [7, 11) is -3.03. The van der Waals surface area contributed by atoms with Crippen molar-refractivity contribution in [3.05, 3.63) is 41.1 Å². The van der Waals surface area contributed by atoms with Crippen molar-refractivity contribution in [1.29, 1.82) is 0 Å².